The fraction of sp³-hybridized carbons (Fsp3) is 0.533. The fourth-order valence-corrected chi connectivity index (χ4v) is 1.83. The molecule has 0 saturated heterocycles. The van der Waals surface area contributed by atoms with Crippen molar-refractivity contribution in [1.29, 1.82) is 0 Å². The lowest BCUT2D eigenvalue weighted by molar-refractivity contribution is -0.137. The molecule has 0 saturated carbocycles. The molecule has 0 heterocycles. The molecule has 0 aliphatic heterocycles. The molecule has 1 aromatic rings. The Morgan fingerprint density at radius 1 is 1.24 bits per heavy atom. The van der Waals surface area contributed by atoms with Gasteiger partial charge in [-0.3, -0.25) is 4.79 Å². The van der Waals surface area contributed by atoms with E-state index < -0.39 is 5.97 Å². The summed E-state index contributed by atoms with van der Waals surface area (Å²) in [6.45, 7) is 4.48. The Kier molecular flexibility index (Phi) is 5.75. The summed E-state index contributed by atoms with van der Waals surface area (Å²) in [6, 6.07) is 8.59. The Hall–Kier alpha value is -1.31. The van der Waals surface area contributed by atoms with Gasteiger partial charge in [-0.2, -0.15) is 0 Å². The number of rotatable bonds is 7. The zero-order valence-corrected chi connectivity index (χ0v) is 10.8. The molecule has 17 heavy (non-hydrogen) atoms. The molecular formula is C15H22O2. The Bertz CT molecular complexity index is 340. The van der Waals surface area contributed by atoms with Crippen molar-refractivity contribution in [1.82, 2.24) is 0 Å². The molecule has 1 atom stereocenters. The predicted octanol–water partition coefficient (Wildman–Crippen LogP) is 3.68. The van der Waals surface area contributed by atoms with Gasteiger partial charge >= 0.3 is 5.97 Å². The second kappa shape index (κ2) is 7.10. The molecule has 0 aliphatic carbocycles. The lowest BCUT2D eigenvalue weighted by Gasteiger charge is -2.08. The Morgan fingerprint density at radius 3 is 2.35 bits per heavy atom. The van der Waals surface area contributed by atoms with Gasteiger partial charge in [0.2, 0.25) is 0 Å². The Labute approximate surface area is 104 Å². The van der Waals surface area contributed by atoms with Crippen molar-refractivity contribution in [2.75, 3.05) is 0 Å². The van der Waals surface area contributed by atoms with Gasteiger partial charge in [0.1, 0.15) is 0 Å². The highest BCUT2D eigenvalue weighted by Crippen LogP contribution is 2.13. The number of aryl methyl sites for hydroxylation is 1. The molecule has 2 heteroatoms. The van der Waals surface area contributed by atoms with Crippen LogP contribution in [0.3, 0.4) is 0 Å². The van der Waals surface area contributed by atoms with E-state index in [-0.39, 0.29) is 6.42 Å². The summed E-state index contributed by atoms with van der Waals surface area (Å²) in [4.78, 5) is 10.4. The van der Waals surface area contributed by atoms with Crippen molar-refractivity contribution in [2.24, 2.45) is 5.92 Å². The summed E-state index contributed by atoms with van der Waals surface area (Å²) < 4.78 is 0. The lowest BCUT2D eigenvalue weighted by atomic mass is 9.97. The Balaban J connectivity index is 2.42. The van der Waals surface area contributed by atoms with E-state index in [0.29, 0.717) is 0 Å². The third-order valence-corrected chi connectivity index (χ3v) is 3.16. The normalized spacial score (nSPS) is 12.4. The zero-order valence-electron chi connectivity index (χ0n) is 10.8. The molecule has 0 aliphatic rings. The molecule has 0 amide bonds. The first-order valence-corrected chi connectivity index (χ1v) is 6.41. The number of carbonyl (C=O) groups is 1. The van der Waals surface area contributed by atoms with Crippen molar-refractivity contribution in [2.45, 2.75) is 46.0 Å². The average molecular weight is 234 g/mol. The monoisotopic (exact) mass is 234 g/mol. The van der Waals surface area contributed by atoms with Crippen LogP contribution in [0, 0.1) is 5.92 Å². The van der Waals surface area contributed by atoms with Crippen LogP contribution >= 0.6 is 0 Å². The van der Waals surface area contributed by atoms with Crippen LogP contribution in [0.2, 0.25) is 0 Å². The van der Waals surface area contributed by atoms with Gasteiger partial charge in [-0.1, -0.05) is 44.5 Å². The summed E-state index contributed by atoms with van der Waals surface area (Å²) in [5, 5.41) is 8.56. The number of hydrogen-bond donors (Lipinski definition) is 1. The van der Waals surface area contributed by atoms with Gasteiger partial charge in [0.15, 0.2) is 0 Å². The molecular weight excluding hydrogens is 212 g/mol. The van der Waals surface area contributed by atoms with Gasteiger partial charge in [-0.15, -0.1) is 0 Å². The first kappa shape index (κ1) is 13.8. The van der Waals surface area contributed by atoms with E-state index in [0.717, 1.165) is 25.2 Å². The first-order chi connectivity index (χ1) is 8.11. The van der Waals surface area contributed by atoms with Gasteiger partial charge in [0, 0.05) is 6.42 Å². The molecule has 1 N–H and O–H groups in total. The van der Waals surface area contributed by atoms with Crippen molar-refractivity contribution in [3.05, 3.63) is 35.4 Å². The fourth-order valence-electron chi connectivity index (χ4n) is 1.83. The van der Waals surface area contributed by atoms with Crippen LogP contribution in [-0.4, -0.2) is 11.1 Å². The van der Waals surface area contributed by atoms with E-state index in [1.807, 2.05) is 0 Å². The van der Waals surface area contributed by atoms with Gasteiger partial charge in [0.25, 0.3) is 0 Å². The molecule has 94 valence electrons. The van der Waals surface area contributed by atoms with E-state index >= 15 is 0 Å². The number of benzene rings is 1. The summed E-state index contributed by atoms with van der Waals surface area (Å²) in [7, 11) is 0. The highest BCUT2D eigenvalue weighted by Gasteiger charge is 2.02. The van der Waals surface area contributed by atoms with E-state index in [1.165, 1.54) is 17.5 Å². The molecule has 0 aromatic heterocycles. The van der Waals surface area contributed by atoms with Gasteiger partial charge in [0.05, 0.1) is 0 Å². The van der Waals surface area contributed by atoms with Crippen molar-refractivity contribution < 1.29 is 9.90 Å². The quantitative estimate of drug-likeness (QED) is 0.781. The minimum absolute atomic E-state index is 0.259. The number of hydrogen-bond acceptors (Lipinski definition) is 1. The number of carboxylic acid groups (broad SMARTS) is 1. The van der Waals surface area contributed by atoms with Crippen molar-refractivity contribution in [3.8, 4) is 0 Å². The molecule has 0 fully saturated rings. The van der Waals surface area contributed by atoms with Crippen LogP contribution in [-0.2, 0) is 17.6 Å². The molecule has 0 radical (unpaired) electrons. The van der Waals surface area contributed by atoms with Crippen LogP contribution < -0.4 is 0 Å². The van der Waals surface area contributed by atoms with E-state index in [2.05, 4.69) is 38.1 Å². The molecule has 1 aromatic carbocycles. The number of aliphatic carboxylic acids is 1. The molecule has 2 nitrogen and oxygen atoms in total. The smallest absolute Gasteiger partial charge is 0.303 e. The highest BCUT2D eigenvalue weighted by molar-refractivity contribution is 5.66. The summed E-state index contributed by atoms with van der Waals surface area (Å²) in [5.74, 6) is 0.0197. The van der Waals surface area contributed by atoms with Crippen LogP contribution in [0.4, 0.5) is 0 Å². The highest BCUT2D eigenvalue weighted by atomic mass is 16.4. The van der Waals surface area contributed by atoms with E-state index in [1.54, 1.807) is 0 Å². The maximum absolute atomic E-state index is 10.4. The van der Waals surface area contributed by atoms with Crippen LogP contribution in [0.5, 0.6) is 0 Å². The van der Waals surface area contributed by atoms with E-state index in [4.69, 9.17) is 5.11 Å². The molecule has 1 rings (SSSR count). The standard InChI is InChI=1S/C15H22O2/c1-3-12(2)11-14-9-7-13(8-10-14)5-4-6-15(16)17/h7-10,12H,3-6,11H2,1-2H3,(H,16,17)/t12-/m1/s1. The topological polar surface area (TPSA) is 37.3 Å². The van der Waals surface area contributed by atoms with Gasteiger partial charge in [-0.25, -0.2) is 0 Å². The first-order valence-electron chi connectivity index (χ1n) is 6.41. The van der Waals surface area contributed by atoms with Gasteiger partial charge in [-0.05, 0) is 36.3 Å². The van der Waals surface area contributed by atoms with Crippen LogP contribution in [0.1, 0.15) is 44.2 Å². The summed E-state index contributed by atoms with van der Waals surface area (Å²) in [5.41, 5.74) is 2.61. The van der Waals surface area contributed by atoms with Crippen LogP contribution in [0.25, 0.3) is 0 Å². The largest absolute Gasteiger partial charge is 0.481 e. The third-order valence-electron chi connectivity index (χ3n) is 3.16. The third kappa shape index (κ3) is 5.53. The second-order valence-electron chi connectivity index (χ2n) is 4.78. The molecule has 0 bridgehead atoms. The predicted molar refractivity (Wildman–Crippen MR) is 70.2 cm³/mol. The summed E-state index contributed by atoms with van der Waals surface area (Å²) in [6.07, 6.45) is 4.18. The summed E-state index contributed by atoms with van der Waals surface area (Å²) >= 11 is 0. The molecule has 0 unspecified atom stereocenters. The zero-order chi connectivity index (χ0) is 12.7. The minimum atomic E-state index is -0.710. The lowest BCUT2D eigenvalue weighted by Crippen LogP contribution is -1.98. The molecule has 0 spiro atoms. The maximum Gasteiger partial charge on any atom is 0.303 e. The number of carboxylic acids is 1. The van der Waals surface area contributed by atoms with Gasteiger partial charge < -0.3 is 5.11 Å². The van der Waals surface area contributed by atoms with Crippen molar-refractivity contribution >= 4 is 5.97 Å². The average Bonchev–Trinajstić information content (AvgIpc) is 2.31. The second-order valence-corrected chi connectivity index (χ2v) is 4.78. The van der Waals surface area contributed by atoms with Crippen LogP contribution in [0.15, 0.2) is 24.3 Å². The maximum atomic E-state index is 10.4. The van der Waals surface area contributed by atoms with E-state index in [9.17, 15) is 4.79 Å². The SMILES string of the molecule is CC[C@@H](C)Cc1ccc(CCCC(=O)O)cc1. The van der Waals surface area contributed by atoms with Crippen molar-refractivity contribution in [3.63, 3.8) is 0 Å². The minimum Gasteiger partial charge on any atom is -0.481 e. The Morgan fingerprint density at radius 2 is 1.82 bits per heavy atom.